The van der Waals surface area contributed by atoms with E-state index < -0.39 is 5.54 Å². The summed E-state index contributed by atoms with van der Waals surface area (Å²) in [7, 11) is 0. The highest BCUT2D eigenvalue weighted by molar-refractivity contribution is 5.85. The normalized spacial score (nSPS) is 22.6. The minimum absolute atomic E-state index is 0.0868. The van der Waals surface area contributed by atoms with Crippen LogP contribution in [-0.2, 0) is 4.79 Å². The number of hydrogen-bond acceptors (Lipinski definition) is 3. The highest BCUT2D eigenvalue weighted by atomic mass is 16.2. The summed E-state index contributed by atoms with van der Waals surface area (Å²) in [5.74, 6) is 0.0868. The topological polar surface area (TPSA) is 58.4 Å². The molecule has 0 aromatic heterocycles. The smallest absolute Gasteiger partial charge is 0.242 e. The number of nitrogens with one attached hydrogen (secondary N) is 1. The van der Waals surface area contributed by atoms with Crippen molar-refractivity contribution >= 4 is 5.91 Å². The zero-order chi connectivity index (χ0) is 10.6. The Bertz CT molecular complexity index is 196. The van der Waals surface area contributed by atoms with Crippen molar-refractivity contribution < 1.29 is 4.79 Å². The number of carbonyl (C=O) groups excluding carboxylic acids is 1. The van der Waals surface area contributed by atoms with E-state index in [9.17, 15) is 4.79 Å². The first kappa shape index (κ1) is 11.5. The summed E-state index contributed by atoms with van der Waals surface area (Å²) in [6.07, 6.45) is 1.71. The third-order valence-corrected chi connectivity index (χ3v) is 2.85. The van der Waals surface area contributed by atoms with Crippen LogP contribution in [0.1, 0.15) is 26.7 Å². The molecule has 1 saturated heterocycles. The van der Waals surface area contributed by atoms with Crippen LogP contribution in [0.15, 0.2) is 0 Å². The Morgan fingerprint density at radius 3 is 2.86 bits per heavy atom. The van der Waals surface area contributed by atoms with Crippen LogP contribution in [0.3, 0.4) is 0 Å². The summed E-state index contributed by atoms with van der Waals surface area (Å²) >= 11 is 0. The minimum atomic E-state index is -0.690. The number of rotatable bonds is 2. The first-order valence-electron chi connectivity index (χ1n) is 5.37. The largest absolute Gasteiger partial charge is 0.340 e. The van der Waals surface area contributed by atoms with Crippen LogP contribution < -0.4 is 11.1 Å². The van der Waals surface area contributed by atoms with Gasteiger partial charge in [-0.3, -0.25) is 4.79 Å². The van der Waals surface area contributed by atoms with Gasteiger partial charge in [0, 0.05) is 19.6 Å². The van der Waals surface area contributed by atoms with Gasteiger partial charge < -0.3 is 16.0 Å². The standard InChI is InChI=1S/C10H21N3O/c1-3-10(2,11)9(14)13-7-4-5-12-6-8-13/h12H,3-8,11H2,1-2H3. The second-order valence-electron chi connectivity index (χ2n) is 4.17. The fourth-order valence-electron chi connectivity index (χ4n) is 1.56. The minimum Gasteiger partial charge on any atom is -0.340 e. The third kappa shape index (κ3) is 2.69. The highest BCUT2D eigenvalue weighted by Gasteiger charge is 2.30. The molecular formula is C10H21N3O. The summed E-state index contributed by atoms with van der Waals surface area (Å²) in [6, 6.07) is 0. The average molecular weight is 199 g/mol. The molecule has 1 aliphatic rings. The van der Waals surface area contributed by atoms with Crippen molar-refractivity contribution in [2.45, 2.75) is 32.2 Å². The summed E-state index contributed by atoms with van der Waals surface area (Å²) in [5.41, 5.74) is 5.24. The molecule has 14 heavy (non-hydrogen) atoms. The first-order chi connectivity index (χ1) is 6.58. The number of carbonyl (C=O) groups is 1. The maximum atomic E-state index is 12.0. The van der Waals surface area contributed by atoms with Crippen molar-refractivity contribution in [3.8, 4) is 0 Å². The molecule has 1 heterocycles. The van der Waals surface area contributed by atoms with Gasteiger partial charge in [-0.15, -0.1) is 0 Å². The molecule has 1 rings (SSSR count). The Labute approximate surface area is 85.8 Å². The van der Waals surface area contributed by atoms with E-state index in [4.69, 9.17) is 5.73 Å². The molecule has 82 valence electrons. The molecule has 1 aliphatic heterocycles. The third-order valence-electron chi connectivity index (χ3n) is 2.85. The summed E-state index contributed by atoms with van der Waals surface area (Å²) in [6.45, 7) is 7.26. The Balaban J connectivity index is 2.58. The molecule has 0 bridgehead atoms. The molecule has 0 spiro atoms. The number of hydrogen-bond donors (Lipinski definition) is 2. The molecule has 1 fully saturated rings. The molecule has 1 atom stereocenters. The molecule has 0 aliphatic carbocycles. The first-order valence-corrected chi connectivity index (χ1v) is 5.37. The summed E-state index contributed by atoms with van der Waals surface area (Å²) in [5, 5.41) is 3.27. The van der Waals surface area contributed by atoms with Gasteiger partial charge in [0.15, 0.2) is 0 Å². The molecule has 0 aromatic rings. The lowest BCUT2D eigenvalue weighted by atomic mass is 9.98. The Morgan fingerprint density at radius 2 is 2.21 bits per heavy atom. The van der Waals surface area contributed by atoms with Crippen LogP contribution in [0.5, 0.6) is 0 Å². The molecule has 4 heteroatoms. The molecule has 0 aromatic carbocycles. The van der Waals surface area contributed by atoms with E-state index in [0.29, 0.717) is 6.42 Å². The van der Waals surface area contributed by atoms with Crippen LogP contribution >= 0.6 is 0 Å². The average Bonchev–Trinajstić information content (AvgIpc) is 2.44. The number of nitrogens with two attached hydrogens (primary N) is 1. The second-order valence-corrected chi connectivity index (χ2v) is 4.17. The van der Waals surface area contributed by atoms with Crippen LogP contribution in [-0.4, -0.2) is 42.5 Å². The molecule has 4 nitrogen and oxygen atoms in total. The van der Waals surface area contributed by atoms with Gasteiger partial charge in [-0.05, 0) is 26.3 Å². The van der Waals surface area contributed by atoms with E-state index in [1.54, 1.807) is 0 Å². The van der Waals surface area contributed by atoms with Gasteiger partial charge in [0.1, 0.15) is 0 Å². The predicted octanol–water partition coefficient (Wildman–Crippen LogP) is -0.0643. The fraction of sp³-hybridized carbons (Fsp3) is 0.900. The molecule has 0 radical (unpaired) electrons. The van der Waals surface area contributed by atoms with Crippen molar-refractivity contribution in [2.24, 2.45) is 5.73 Å². The van der Waals surface area contributed by atoms with Crippen molar-refractivity contribution in [1.29, 1.82) is 0 Å². The van der Waals surface area contributed by atoms with Gasteiger partial charge >= 0.3 is 0 Å². The zero-order valence-electron chi connectivity index (χ0n) is 9.18. The molecule has 1 unspecified atom stereocenters. The van der Waals surface area contributed by atoms with Crippen LogP contribution in [0.4, 0.5) is 0 Å². The van der Waals surface area contributed by atoms with E-state index in [1.165, 1.54) is 0 Å². The Kier molecular flexibility index (Phi) is 3.89. The van der Waals surface area contributed by atoms with Gasteiger partial charge in [-0.1, -0.05) is 6.92 Å². The van der Waals surface area contributed by atoms with Crippen LogP contribution in [0, 0.1) is 0 Å². The Hall–Kier alpha value is -0.610. The monoisotopic (exact) mass is 199 g/mol. The van der Waals surface area contributed by atoms with E-state index in [-0.39, 0.29) is 5.91 Å². The predicted molar refractivity (Wildman–Crippen MR) is 57.0 cm³/mol. The lowest BCUT2D eigenvalue weighted by Crippen LogP contribution is -2.53. The molecule has 3 N–H and O–H groups in total. The summed E-state index contributed by atoms with van der Waals surface area (Å²) < 4.78 is 0. The lowest BCUT2D eigenvalue weighted by Gasteiger charge is -2.30. The van der Waals surface area contributed by atoms with Gasteiger partial charge in [0.2, 0.25) is 5.91 Å². The van der Waals surface area contributed by atoms with E-state index in [1.807, 2.05) is 18.7 Å². The van der Waals surface area contributed by atoms with E-state index in [0.717, 1.165) is 32.6 Å². The van der Waals surface area contributed by atoms with Crippen molar-refractivity contribution in [3.63, 3.8) is 0 Å². The highest BCUT2D eigenvalue weighted by Crippen LogP contribution is 2.10. The van der Waals surface area contributed by atoms with Crippen molar-refractivity contribution in [3.05, 3.63) is 0 Å². The van der Waals surface area contributed by atoms with Crippen LogP contribution in [0.25, 0.3) is 0 Å². The fourth-order valence-corrected chi connectivity index (χ4v) is 1.56. The van der Waals surface area contributed by atoms with Gasteiger partial charge in [-0.2, -0.15) is 0 Å². The maximum Gasteiger partial charge on any atom is 0.242 e. The zero-order valence-corrected chi connectivity index (χ0v) is 9.18. The summed E-state index contributed by atoms with van der Waals surface area (Å²) in [4.78, 5) is 13.9. The molecule has 1 amide bonds. The van der Waals surface area contributed by atoms with E-state index >= 15 is 0 Å². The number of amides is 1. The molecular weight excluding hydrogens is 178 g/mol. The van der Waals surface area contributed by atoms with E-state index in [2.05, 4.69) is 5.32 Å². The molecule has 0 saturated carbocycles. The number of nitrogens with zero attached hydrogens (tertiary/aromatic N) is 1. The second kappa shape index (κ2) is 4.75. The van der Waals surface area contributed by atoms with Crippen molar-refractivity contribution in [2.75, 3.05) is 26.2 Å². The quantitative estimate of drug-likeness (QED) is 0.655. The van der Waals surface area contributed by atoms with Crippen LogP contribution in [0.2, 0.25) is 0 Å². The maximum absolute atomic E-state index is 12.0. The Morgan fingerprint density at radius 1 is 1.50 bits per heavy atom. The van der Waals surface area contributed by atoms with Gasteiger partial charge in [0.05, 0.1) is 5.54 Å². The SMILES string of the molecule is CCC(C)(N)C(=O)N1CCCNCC1. The van der Waals surface area contributed by atoms with Crippen molar-refractivity contribution in [1.82, 2.24) is 10.2 Å². The van der Waals surface area contributed by atoms with Gasteiger partial charge in [0.25, 0.3) is 0 Å². The van der Waals surface area contributed by atoms with Gasteiger partial charge in [-0.25, -0.2) is 0 Å². The lowest BCUT2D eigenvalue weighted by molar-refractivity contribution is -0.136.